The number of thiophene rings is 1. The van der Waals surface area contributed by atoms with Gasteiger partial charge in [0.2, 0.25) is 5.91 Å². The molecule has 3 aromatic heterocycles. The van der Waals surface area contributed by atoms with Gasteiger partial charge in [0.25, 0.3) is 0 Å². The summed E-state index contributed by atoms with van der Waals surface area (Å²) in [7, 11) is 3.61. The smallest absolute Gasteiger partial charge is 0.233 e. The van der Waals surface area contributed by atoms with Gasteiger partial charge in [-0.1, -0.05) is 0 Å². The van der Waals surface area contributed by atoms with Gasteiger partial charge in [-0.25, -0.2) is 4.98 Å². The van der Waals surface area contributed by atoms with E-state index in [1.807, 2.05) is 34.8 Å². The fourth-order valence-corrected chi connectivity index (χ4v) is 4.98. The van der Waals surface area contributed by atoms with E-state index in [0.29, 0.717) is 19.6 Å². The minimum absolute atomic E-state index is 0.0537. The Morgan fingerprint density at radius 3 is 3.08 bits per heavy atom. The average molecular weight is 389 g/mol. The van der Waals surface area contributed by atoms with Crippen LogP contribution in [0.1, 0.15) is 16.1 Å². The highest BCUT2D eigenvalue weighted by atomic mass is 32.1. The van der Waals surface area contributed by atoms with Crippen molar-refractivity contribution in [2.45, 2.75) is 19.3 Å². The molecule has 0 atom stereocenters. The largest absolute Gasteiger partial charge is 0.383 e. The van der Waals surface area contributed by atoms with Crippen molar-refractivity contribution in [1.29, 1.82) is 0 Å². The minimum atomic E-state index is 0.0537. The minimum Gasteiger partial charge on any atom is -0.383 e. The first-order valence-electron chi connectivity index (χ1n) is 8.48. The second-order valence-corrected chi connectivity index (χ2v) is 8.09. The Morgan fingerprint density at radius 1 is 1.42 bits per heavy atom. The molecule has 136 valence electrons. The van der Waals surface area contributed by atoms with Gasteiger partial charge < -0.3 is 4.74 Å². The van der Waals surface area contributed by atoms with E-state index in [1.54, 1.807) is 34.7 Å². The van der Waals surface area contributed by atoms with Crippen LogP contribution in [-0.4, -0.2) is 40.9 Å². The van der Waals surface area contributed by atoms with Crippen molar-refractivity contribution in [3.63, 3.8) is 0 Å². The first-order valence-corrected chi connectivity index (χ1v) is 10.2. The highest BCUT2D eigenvalue weighted by Crippen LogP contribution is 2.39. The van der Waals surface area contributed by atoms with Crippen molar-refractivity contribution in [2.24, 2.45) is 7.05 Å². The van der Waals surface area contributed by atoms with Gasteiger partial charge >= 0.3 is 0 Å². The fraction of sp³-hybridized carbons (Fsp3) is 0.389. The average Bonchev–Trinajstić information content (AvgIpc) is 3.35. The van der Waals surface area contributed by atoms with Crippen LogP contribution in [0.2, 0.25) is 0 Å². The van der Waals surface area contributed by atoms with Crippen molar-refractivity contribution in [3.8, 4) is 11.3 Å². The van der Waals surface area contributed by atoms with Gasteiger partial charge in [0.05, 0.1) is 31.5 Å². The number of rotatable bonds is 6. The summed E-state index contributed by atoms with van der Waals surface area (Å²) in [5, 5.41) is 9.13. The van der Waals surface area contributed by atoms with E-state index < -0.39 is 0 Å². The molecular weight excluding hydrogens is 368 g/mol. The number of fused-ring (bicyclic) bond motifs is 3. The van der Waals surface area contributed by atoms with E-state index in [2.05, 4.69) is 5.10 Å². The van der Waals surface area contributed by atoms with Crippen LogP contribution in [0, 0.1) is 0 Å². The number of thiazole rings is 1. The Bertz CT molecular complexity index is 914. The summed E-state index contributed by atoms with van der Waals surface area (Å²) in [4.78, 5) is 20.7. The standard InChI is InChI=1S/C18H20N4O2S2/c1-21-14-3-4-15-17(13(14)10-19-21)20-18(26-15)22(6-7-24-2)16(23)9-12-5-8-25-11-12/h5,8,10-11H,3-4,6-7,9H2,1-2H3. The summed E-state index contributed by atoms with van der Waals surface area (Å²) >= 11 is 3.22. The van der Waals surface area contributed by atoms with E-state index in [9.17, 15) is 4.79 Å². The van der Waals surface area contributed by atoms with E-state index in [4.69, 9.17) is 9.72 Å². The summed E-state index contributed by atoms with van der Waals surface area (Å²) in [6.45, 7) is 0.990. The number of anilines is 1. The van der Waals surface area contributed by atoms with Gasteiger partial charge in [-0.05, 0) is 35.2 Å². The third kappa shape index (κ3) is 3.20. The van der Waals surface area contributed by atoms with Gasteiger partial charge in [-0.3, -0.25) is 14.4 Å². The maximum Gasteiger partial charge on any atom is 0.233 e. The van der Waals surface area contributed by atoms with Crippen LogP contribution in [0.15, 0.2) is 23.0 Å². The molecule has 0 radical (unpaired) electrons. The van der Waals surface area contributed by atoms with Crippen molar-refractivity contribution < 1.29 is 9.53 Å². The molecule has 1 aliphatic carbocycles. The first-order chi connectivity index (χ1) is 12.7. The van der Waals surface area contributed by atoms with Gasteiger partial charge in [-0.15, -0.1) is 11.3 Å². The van der Waals surface area contributed by atoms with E-state index in [-0.39, 0.29) is 5.91 Å². The van der Waals surface area contributed by atoms with Crippen LogP contribution in [0.4, 0.5) is 5.13 Å². The lowest BCUT2D eigenvalue weighted by molar-refractivity contribution is -0.118. The maximum absolute atomic E-state index is 12.9. The molecule has 3 heterocycles. The van der Waals surface area contributed by atoms with Crippen LogP contribution >= 0.6 is 22.7 Å². The molecule has 0 unspecified atom stereocenters. The van der Waals surface area contributed by atoms with E-state index >= 15 is 0 Å². The molecule has 0 bridgehead atoms. The van der Waals surface area contributed by atoms with Crippen molar-refractivity contribution in [2.75, 3.05) is 25.2 Å². The molecule has 1 amide bonds. The van der Waals surface area contributed by atoms with Gasteiger partial charge in [0, 0.05) is 30.3 Å². The molecule has 0 saturated carbocycles. The zero-order chi connectivity index (χ0) is 18.1. The number of carbonyl (C=O) groups excluding carboxylic acids is 1. The predicted molar refractivity (Wildman–Crippen MR) is 104 cm³/mol. The third-order valence-corrected chi connectivity index (χ3v) is 6.45. The molecule has 0 spiro atoms. The van der Waals surface area contributed by atoms with Crippen LogP contribution in [-0.2, 0) is 35.8 Å². The lowest BCUT2D eigenvalue weighted by atomic mass is 10.0. The molecule has 0 fully saturated rings. The SMILES string of the molecule is COCCN(C(=O)Cc1ccsc1)c1nc2c(s1)CCc1c-2cnn1C. The number of hydrogen-bond donors (Lipinski definition) is 0. The second-order valence-electron chi connectivity index (χ2n) is 6.24. The number of ether oxygens (including phenoxy) is 1. The quantitative estimate of drug-likeness (QED) is 0.651. The Morgan fingerprint density at radius 2 is 2.31 bits per heavy atom. The van der Waals surface area contributed by atoms with Crippen molar-refractivity contribution in [1.82, 2.24) is 14.8 Å². The molecule has 0 aliphatic heterocycles. The molecular formula is C18H20N4O2S2. The highest BCUT2D eigenvalue weighted by Gasteiger charge is 2.27. The predicted octanol–water partition coefficient (Wildman–Crippen LogP) is 2.93. The molecule has 8 heteroatoms. The lowest BCUT2D eigenvalue weighted by Crippen LogP contribution is -2.35. The van der Waals surface area contributed by atoms with Crippen molar-refractivity contribution >= 4 is 33.7 Å². The molecule has 1 aliphatic rings. The molecule has 0 saturated heterocycles. The molecule has 0 aromatic carbocycles. The Hall–Kier alpha value is -2.03. The Kier molecular flexibility index (Phi) is 4.88. The van der Waals surface area contributed by atoms with Crippen LogP contribution in [0.3, 0.4) is 0 Å². The normalized spacial score (nSPS) is 12.7. The fourth-order valence-electron chi connectivity index (χ4n) is 3.20. The topological polar surface area (TPSA) is 60.2 Å². The number of amides is 1. The van der Waals surface area contributed by atoms with Crippen LogP contribution in [0.25, 0.3) is 11.3 Å². The van der Waals surface area contributed by atoms with Gasteiger partial charge in [-0.2, -0.15) is 16.4 Å². The molecule has 26 heavy (non-hydrogen) atoms. The summed E-state index contributed by atoms with van der Waals surface area (Å²) in [6, 6.07) is 1.99. The number of methoxy groups -OCH3 is 1. The molecule has 6 nitrogen and oxygen atoms in total. The Balaban J connectivity index is 1.64. The number of nitrogens with zero attached hydrogens (tertiary/aromatic N) is 4. The summed E-state index contributed by atoms with van der Waals surface area (Å²) in [6.07, 6.45) is 4.16. The van der Waals surface area contributed by atoms with Gasteiger partial charge in [0.1, 0.15) is 0 Å². The highest BCUT2D eigenvalue weighted by molar-refractivity contribution is 7.16. The monoisotopic (exact) mass is 388 g/mol. The molecule has 3 aromatic rings. The molecule has 4 rings (SSSR count). The first kappa shape index (κ1) is 17.4. The number of carbonyl (C=O) groups is 1. The lowest BCUT2D eigenvalue weighted by Gasteiger charge is -2.19. The van der Waals surface area contributed by atoms with E-state index in [0.717, 1.165) is 34.8 Å². The zero-order valence-electron chi connectivity index (χ0n) is 14.8. The van der Waals surface area contributed by atoms with E-state index in [1.165, 1.54) is 10.6 Å². The Labute approximate surface area is 160 Å². The zero-order valence-corrected chi connectivity index (χ0v) is 16.4. The van der Waals surface area contributed by atoms with Crippen LogP contribution in [0.5, 0.6) is 0 Å². The number of aromatic nitrogens is 3. The number of aryl methyl sites for hydroxylation is 2. The number of hydrogen-bond acceptors (Lipinski definition) is 6. The van der Waals surface area contributed by atoms with Gasteiger partial charge in [0.15, 0.2) is 5.13 Å². The van der Waals surface area contributed by atoms with Crippen LogP contribution < -0.4 is 4.90 Å². The summed E-state index contributed by atoms with van der Waals surface area (Å²) in [5.74, 6) is 0.0537. The van der Waals surface area contributed by atoms with Crippen molar-refractivity contribution in [3.05, 3.63) is 39.2 Å². The second kappa shape index (κ2) is 7.30. The summed E-state index contributed by atoms with van der Waals surface area (Å²) < 4.78 is 7.13. The summed E-state index contributed by atoms with van der Waals surface area (Å²) in [5.41, 5.74) is 4.32. The third-order valence-electron chi connectivity index (χ3n) is 4.58. The molecule has 0 N–H and O–H groups in total. The maximum atomic E-state index is 12.9.